The van der Waals surface area contributed by atoms with Crippen LogP contribution in [0, 0.1) is 11.3 Å². The Morgan fingerprint density at radius 1 is 1.18 bits per heavy atom. The Labute approximate surface area is 104 Å². The maximum absolute atomic E-state index is 11.8. The summed E-state index contributed by atoms with van der Waals surface area (Å²) in [7, 11) is -3.30. The van der Waals surface area contributed by atoms with E-state index in [2.05, 4.69) is 10.8 Å². The third kappa shape index (κ3) is 4.64. The minimum absolute atomic E-state index is 0.108. The monoisotopic (exact) mass is 258 g/mol. The molecule has 0 aromatic heterocycles. The van der Waals surface area contributed by atoms with Gasteiger partial charge in [0.2, 0.25) is 10.0 Å². The summed E-state index contributed by atoms with van der Waals surface area (Å²) in [6.45, 7) is 1.83. The average Bonchev–Trinajstić information content (AvgIpc) is 2.22. The molecule has 1 rings (SSSR count). The van der Waals surface area contributed by atoms with E-state index in [-0.39, 0.29) is 5.75 Å². The van der Waals surface area contributed by atoms with E-state index >= 15 is 0 Å². The first-order valence-electron chi connectivity index (χ1n) is 6.46. The highest BCUT2D eigenvalue weighted by molar-refractivity contribution is 7.89. The maximum Gasteiger partial charge on any atom is 0.212 e. The molecule has 0 unspecified atom stereocenters. The second-order valence-corrected chi connectivity index (χ2v) is 6.72. The van der Waals surface area contributed by atoms with E-state index in [1.807, 2.05) is 6.92 Å². The minimum atomic E-state index is -3.30. The zero-order valence-corrected chi connectivity index (χ0v) is 11.4. The number of nitriles is 1. The molecule has 0 aromatic carbocycles. The van der Waals surface area contributed by atoms with E-state index < -0.39 is 15.6 Å². The van der Waals surface area contributed by atoms with Crippen LogP contribution in [0.15, 0.2) is 0 Å². The van der Waals surface area contributed by atoms with Gasteiger partial charge in [-0.3, -0.25) is 0 Å². The van der Waals surface area contributed by atoms with Gasteiger partial charge in [0.1, 0.15) is 5.54 Å². The molecule has 0 spiro atoms. The van der Waals surface area contributed by atoms with Crippen molar-refractivity contribution in [1.29, 1.82) is 5.26 Å². The van der Waals surface area contributed by atoms with Crippen LogP contribution < -0.4 is 4.72 Å². The van der Waals surface area contributed by atoms with Gasteiger partial charge < -0.3 is 0 Å². The van der Waals surface area contributed by atoms with Crippen LogP contribution in [-0.4, -0.2) is 19.7 Å². The van der Waals surface area contributed by atoms with Crippen LogP contribution in [0.5, 0.6) is 0 Å². The molecule has 1 fully saturated rings. The molecule has 0 radical (unpaired) electrons. The molecule has 0 saturated heterocycles. The molecule has 0 amide bonds. The molecule has 98 valence electrons. The van der Waals surface area contributed by atoms with Gasteiger partial charge in [-0.05, 0) is 19.3 Å². The lowest BCUT2D eigenvalue weighted by atomic mass is 9.86. The summed E-state index contributed by atoms with van der Waals surface area (Å²) in [6.07, 6.45) is 7.13. The lowest BCUT2D eigenvalue weighted by Gasteiger charge is -2.29. The molecule has 0 aromatic rings. The van der Waals surface area contributed by atoms with Crippen LogP contribution in [0.2, 0.25) is 0 Å². The first-order chi connectivity index (χ1) is 8.04. The van der Waals surface area contributed by atoms with Crippen molar-refractivity contribution in [3.63, 3.8) is 0 Å². The third-order valence-electron chi connectivity index (χ3n) is 3.24. The van der Waals surface area contributed by atoms with E-state index in [0.717, 1.165) is 25.7 Å². The number of nitrogens with one attached hydrogen (secondary N) is 1. The van der Waals surface area contributed by atoms with Crippen molar-refractivity contribution in [3.8, 4) is 6.07 Å². The molecule has 1 aliphatic carbocycles. The predicted octanol–water partition coefficient (Wildman–Crippen LogP) is 2.32. The summed E-state index contributed by atoms with van der Waals surface area (Å²) < 4.78 is 26.2. The lowest BCUT2D eigenvalue weighted by molar-refractivity contribution is 0.357. The Morgan fingerprint density at radius 2 is 1.71 bits per heavy atom. The summed E-state index contributed by atoms with van der Waals surface area (Å²) >= 11 is 0. The molecular formula is C12H22N2O2S. The zero-order chi connectivity index (χ0) is 12.8. The largest absolute Gasteiger partial charge is 0.212 e. The van der Waals surface area contributed by atoms with Gasteiger partial charge in [-0.15, -0.1) is 0 Å². The van der Waals surface area contributed by atoms with Gasteiger partial charge in [-0.2, -0.15) is 9.98 Å². The molecule has 5 heteroatoms. The van der Waals surface area contributed by atoms with Crippen molar-refractivity contribution in [3.05, 3.63) is 0 Å². The molecular weight excluding hydrogens is 236 g/mol. The van der Waals surface area contributed by atoms with Crippen LogP contribution in [0.25, 0.3) is 0 Å². The smallest absolute Gasteiger partial charge is 0.212 e. The first-order valence-corrected chi connectivity index (χ1v) is 8.12. The van der Waals surface area contributed by atoms with E-state index in [4.69, 9.17) is 0 Å². The Hall–Kier alpha value is -0.600. The second kappa shape index (κ2) is 6.36. The topological polar surface area (TPSA) is 70.0 Å². The fourth-order valence-electron chi connectivity index (χ4n) is 2.36. The van der Waals surface area contributed by atoms with Crippen molar-refractivity contribution in [1.82, 2.24) is 4.72 Å². The summed E-state index contributed by atoms with van der Waals surface area (Å²) in [4.78, 5) is 0. The Kier molecular flexibility index (Phi) is 5.41. The van der Waals surface area contributed by atoms with Gasteiger partial charge in [0.15, 0.2) is 0 Å². The molecule has 0 atom stereocenters. The summed E-state index contributed by atoms with van der Waals surface area (Å²) in [6, 6.07) is 2.21. The standard InChI is InChI=1S/C12H22N2O2S/c1-2-10-17(15,16)14-12(11-13)8-6-4-3-5-7-9-12/h14H,2-10H2,1H3. The number of sulfonamides is 1. The van der Waals surface area contributed by atoms with Crippen LogP contribution in [-0.2, 0) is 10.0 Å². The van der Waals surface area contributed by atoms with E-state index in [9.17, 15) is 13.7 Å². The maximum atomic E-state index is 11.8. The van der Waals surface area contributed by atoms with Crippen LogP contribution >= 0.6 is 0 Å². The highest BCUT2D eigenvalue weighted by Crippen LogP contribution is 2.26. The summed E-state index contributed by atoms with van der Waals surface area (Å²) in [5, 5.41) is 9.31. The van der Waals surface area contributed by atoms with E-state index in [1.165, 1.54) is 6.42 Å². The fraction of sp³-hybridized carbons (Fsp3) is 0.917. The average molecular weight is 258 g/mol. The van der Waals surface area contributed by atoms with Gasteiger partial charge in [0.05, 0.1) is 11.8 Å². The minimum Gasteiger partial charge on any atom is -0.212 e. The SMILES string of the molecule is CCCS(=O)(=O)NC1(C#N)CCCCCCC1. The van der Waals surface area contributed by atoms with Gasteiger partial charge in [0, 0.05) is 0 Å². The van der Waals surface area contributed by atoms with E-state index in [0.29, 0.717) is 19.3 Å². The molecule has 1 saturated carbocycles. The number of nitrogens with zero attached hydrogens (tertiary/aromatic N) is 1. The second-order valence-electron chi connectivity index (χ2n) is 4.88. The molecule has 17 heavy (non-hydrogen) atoms. The molecule has 1 aliphatic rings. The van der Waals surface area contributed by atoms with Crippen molar-refractivity contribution in [2.24, 2.45) is 0 Å². The summed E-state index contributed by atoms with van der Waals surface area (Å²) in [5.41, 5.74) is -0.853. The molecule has 0 aliphatic heterocycles. The highest BCUT2D eigenvalue weighted by Gasteiger charge is 2.34. The van der Waals surface area contributed by atoms with Gasteiger partial charge in [-0.25, -0.2) is 8.42 Å². The molecule has 0 heterocycles. The highest BCUT2D eigenvalue weighted by atomic mass is 32.2. The van der Waals surface area contributed by atoms with Crippen molar-refractivity contribution in [2.75, 3.05) is 5.75 Å². The Bertz CT molecular complexity index is 362. The van der Waals surface area contributed by atoms with Crippen LogP contribution in [0.3, 0.4) is 0 Å². The van der Waals surface area contributed by atoms with Gasteiger partial charge >= 0.3 is 0 Å². The fourth-order valence-corrected chi connectivity index (χ4v) is 3.85. The van der Waals surface area contributed by atoms with Crippen molar-refractivity contribution >= 4 is 10.0 Å². The van der Waals surface area contributed by atoms with Crippen LogP contribution in [0.4, 0.5) is 0 Å². The molecule has 0 bridgehead atoms. The zero-order valence-electron chi connectivity index (χ0n) is 10.5. The van der Waals surface area contributed by atoms with Crippen molar-refractivity contribution in [2.45, 2.75) is 63.8 Å². The third-order valence-corrected chi connectivity index (χ3v) is 4.89. The number of hydrogen-bond acceptors (Lipinski definition) is 3. The predicted molar refractivity (Wildman–Crippen MR) is 67.9 cm³/mol. The van der Waals surface area contributed by atoms with Crippen molar-refractivity contribution < 1.29 is 8.42 Å². The van der Waals surface area contributed by atoms with E-state index in [1.54, 1.807) is 0 Å². The Morgan fingerprint density at radius 3 is 2.18 bits per heavy atom. The van der Waals surface area contributed by atoms with Gasteiger partial charge in [0.25, 0.3) is 0 Å². The van der Waals surface area contributed by atoms with Gasteiger partial charge in [-0.1, -0.05) is 39.0 Å². The number of hydrogen-bond donors (Lipinski definition) is 1. The number of rotatable bonds is 4. The lowest BCUT2D eigenvalue weighted by Crippen LogP contribution is -2.48. The molecule has 1 N–H and O–H groups in total. The quantitative estimate of drug-likeness (QED) is 0.841. The Balaban J connectivity index is 2.76. The first kappa shape index (κ1) is 14.5. The van der Waals surface area contributed by atoms with Crippen LogP contribution in [0.1, 0.15) is 58.3 Å². The molecule has 4 nitrogen and oxygen atoms in total. The summed E-state index contributed by atoms with van der Waals surface area (Å²) in [5.74, 6) is 0.108. The normalized spacial score (nSPS) is 21.2.